The molecular formula is C14H17N3O3. The maximum Gasteiger partial charge on any atom is 0.270 e. The summed E-state index contributed by atoms with van der Waals surface area (Å²) in [5, 5.41) is 4.07. The van der Waals surface area contributed by atoms with E-state index in [9.17, 15) is 4.79 Å². The van der Waals surface area contributed by atoms with Crippen LogP contribution in [-0.2, 0) is 0 Å². The van der Waals surface area contributed by atoms with Crippen molar-refractivity contribution in [2.24, 2.45) is 0 Å². The van der Waals surface area contributed by atoms with Crippen molar-refractivity contribution in [1.82, 2.24) is 10.3 Å². The van der Waals surface area contributed by atoms with Gasteiger partial charge in [-0.15, -0.1) is 0 Å². The molecule has 0 atom stereocenters. The van der Waals surface area contributed by atoms with Crippen molar-refractivity contribution >= 4 is 22.4 Å². The molecule has 0 aliphatic rings. The van der Waals surface area contributed by atoms with E-state index >= 15 is 0 Å². The minimum absolute atomic E-state index is 0.246. The number of rotatable bonds is 4. The van der Waals surface area contributed by atoms with Crippen LogP contribution in [0.25, 0.3) is 10.8 Å². The molecule has 1 aromatic heterocycles. The lowest BCUT2D eigenvalue weighted by Crippen LogP contribution is -2.24. The average molecular weight is 275 g/mol. The Bertz CT molecular complexity index is 656. The third kappa shape index (κ3) is 2.20. The molecule has 0 fully saturated rings. The fourth-order valence-electron chi connectivity index (χ4n) is 2.09. The third-order valence-electron chi connectivity index (χ3n) is 3.00. The molecule has 0 saturated carbocycles. The monoisotopic (exact) mass is 275 g/mol. The van der Waals surface area contributed by atoms with Gasteiger partial charge >= 0.3 is 0 Å². The molecule has 20 heavy (non-hydrogen) atoms. The van der Waals surface area contributed by atoms with Gasteiger partial charge in [-0.3, -0.25) is 9.78 Å². The zero-order valence-corrected chi connectivity index (χ0v) is 11.7. The van der Waals surface area contributed by atoms with E-state index < -0.39 is 0 Å². The lowest BCUT2D eigenvalue weighted by atomic mass is 10.1. The van der Waals surface area contributed by atoms with Crippen LogP contribution in [0.5, 0.6) is 11.5 Å². The summed E-state index contributed by atoms with van der Waals surface area (Å²) >= 11 is 0. The summed E-state index contributed by atoms with van der Waals surface area (Å²) in [6.45, 7) is 2.38. The van der Waals surface area contributed by atoms with Gasteiger partial charge in [-0.2, -0.15) is 0 Å². The van der Waals surface area contributed by atoms with Crippen LogP contribution in [-0.4, -0.2) is 31.7 Å². The van der Waals surface area contributed by atoms with Gasteiger partial charge in [-0.05, 0) is 19.1 Å². The van der Waals surface area contributed by atoms with Crippen molar-refractivity contribution in [3.8, 4) is 11.5 Å². The maximum absolute atomic E-state index is 12.0. The van der Waals surface area contributed by atoms with E-state index in [-0.39, 0.29) is 5.91 Å². The van der Waals surface area contributed by atoms with Crippen molar-refractivity contribution in [3.63, 3.8) is 0 Å². The zero-order chi connectivity index (χ0) is 14.7. The number of hydrogen-bond donors (Lipinski definition) is 2. The van der Waals surface area contributed by atoms with Gasteiger partial charge in [0.25, 0.3) is 5.91 Å². The second-order valence-electron chi connectivity index (χ2n) is 4.14. The van der Waals surface area contributed by atoms with Crippen LogP contribution in [0.1, 0.15) is 17.4 Å². The molecule has 0 unspecified atom stereocenters. The number of hydrogen-bond acceptors (Lipinski definition) is 5. The molecule has 1 amide bonds. The molecule has 6 nitrogen and oxygen atoms in total. The van der Waals surface area contributed by atoms with Crippen molar-refractivity contribution in [2.75, 3.05) is 26.5 Å². The highest BCUT2D eigenvalue weighted by molar-refractivity contribution is 6.09. The zero-order valence-electron chi connectivity index (χ0n) is 11.7. The predicted octanol–water partition coefficient (Wildman–Crippen LogP) is 1.58. The molecule has 3 N–H and O–H groups in total. The molecule has 0 aliphatic heterocycles. The lowest BCUT2D eigenvalue weighted by Gasteiger charge is -2.14. The number of carbonyl (C=O) groups excluding carboxylic acids is 1. The Labute approximate surface area is 116 Å². The first kappa shape index (κ1) is 13.9. The van der Waals surface area contributed by atoms with E-state index in [4.69, 9.17) is 15.2 Å². The van der Waals surface area contributed by atoms with Crippen LogP contribution in [0.2, 0.25) is 0 Å². The summed E-state index contributed by atoms with van der Waals surface area (Å²) in [5.41, 5.74) is 6.83. The second kappa shape index (κ2) is 5.64. The first-order chi connectivity index (χ1) is 9.63. The minimum atomic E-state index is -0.246. The molecule has 0 saturated heterocycles. The molecule has 2 rings (SSSR count). The summed E-state index contributed by atoms with van der Waals surface area (Å²) in [4.78, 5) is 16.2. The van der Waals surface area contributed by atoms with Gasteiger partial charge in [0.2, 0.25) is 0 Å². The molecule has 1 heterocycles. The molecule has 0 aliphatic carbocycles. The molecule has 2 aromatic rings. The largest absolute Gasteiger partial charge is 0.493 e. The maximum atomic E-state index is 12.0. The minimum Gasteiger partial charge on any atom is -0.493 e. The SMILES string of the molecule is CCNC(=O)c1nccc2c(N)c(OC)c(OC)cc12. The van der Waals surface area contributed by atoms with E-state index in [0.717, 1.165) is 0 Å². The standard InChI is InChI=1S/C14H17N3O3/c1-4-16-14(18)12-9-7-10(19-2)13(20-3)11(15)8(9)5-6-17-12/h5-7H,4,15H2,1-3H3,(H,16,18). The summed E-state index contributed by atoms with van der Waals surface area (Å²) in [6, 6.07) is 3.46. The quantitative estimate of drug-likeness (QED) is 0.827. The van der Waals surface area contributed by atoms with Gasteiger partial charge in [0.05, 0.1) is 19.9 Å². The number of pyridine rings is 1. The van der Waals surface area contributed by atoms with Gasteiger partial charge in [-0.1, -0.05) is 0 Å². The number of nitrogen functional groups attached to an aromatic ring is 1. The Kier molecular flexibility index (Phi) is 3.93. The summed E-state index contributed by atoms with van der Waals surface area (Å²) in [5.74, 6) is 0.675. The van der Waals surface area contributed by atoms with Crippen LogP contribution in [0.4, 0.5) is 5.69 Å². The number of nitrogens with zero attached hydrogens (tertiary/aromatic N) is 1. The third-order valence-corrected chi connectivity index (χ3v) is 3.00. The highest BCUT2D eigenvalue weighted by Crippen LogP contribution is 2.40. The van der Waals surface area contributed by atoms with E-state index in [2.05, 4.69) is 10.3 Å². The molecule has 0 bridgehead atoms. The predicted molar refractivity (Wildman–Crippen MR) is 77.3 cm³/mol. The van der Waals surface area contributed by atoms with Gasteiger partial charge in [-0.25, -0.2) is 0 Å². The van der Waals surface area contributed by atoms with Crippen molar-refractivity contribution in [2.45, 2.75) is 6.92 Å². The number of carbonyl (C=O) groups is 1. The smallest absolute Gasteiger partial charge is 0.270 e. The second-order valence-corrected chi connectivity index (χ2v) is 4.14. The van der Waals surface area contributed by atoms with Crippen LogP contribution in [0, 0.1) is 0 Å². The normalized spacial score (nSPS) is 10.3. The summed E-state index contributed by atoms with van der Waals surface area (Å²) in [6.07, 6.45) is 1.55. The van der Waals surface area contributed by atoms with Gasteiger partial charge in [0.15, 0.2) is 11.5 Å². The molecule has 106 valence electrons. The number of methoxy groups -OCH3 is 2. The van der Waals surface area contributed by atoms with Gasteiger partial charge in [0, 0.05) is 23.5 Å². The number of fused-ring (bicyclic) bond motifs is 1. The highest BCUT2D eigenvalue weighted by Gasteiger charge is 2.18. The fraction of sp³-hybridized carbons (Fsp3) is 0.286. The van der Waals surface area contributed by atoms with Crippen LogP contribution in [0.3, 0.4) is 0 Å². The molecule has 0 radical (unpaired) electrons. The van der Waals surface area contributed by atoms with Crippen molar-refractivity contribution in [3.05, 3.63) is 24.0 Å². The molecule has 1 aromatic carbocycles. The van der Waals surface area contributed by atoms with E-state index in [1.807, 2.05) is 6.92 Å². The number of amides is 1. The number of benzene rings is 1. The molecule has 6 heteroatoms. The Morgan fingerprint density at radius 1 is 1.35 bits per heavy atom. The molecular weight excluding hydrogens is 258 g/mol. The fourth-order valence-corrected chi connectivity index (χ4v) is 2.09. The highest BCUT2D eigenvalue weighted by atomic mass is 16.5. The average Bonchev–Trinajstić information content (AvgIpc) is 2.46. The Hall–Kier alpha value is -2.50. The first-order valence-corrected chi connectivity index (χ1v) is 6.21. The van der Waals surface area contributed by atoms with Crippen molar-refractivity contribution in [1.29, 1.82) is 0 Å². The van der Waals surface area contributed by atoms with E-state index in [0.29, 0.717) is 40.2 Å². The van der Waals surface area contributed by atoms with Crippen LogP contribution in [0.15, 0.2) is 18.3 Å². The lowest BCUT2D eigenvalue weighted by molar-refractivity contribution is 0.0952. The number of aromatic nitrogens is 1. The van der Waals surface area contributed by atoms with Crippen LogP contribution >= 0.6 is 0 Å². The van der Waals surface area contributed by atoms with E-state index in [1.54, 1.807) is 18.3 Å². The number of ether oxygens (including phenoxy) is 2. The summed E-state index contributed by atoms with van der Waals surface area (Å²) < 4.78 is 10.5. The van der Waals surface area contributed by atoms with Gasteiger partial charge in [0.1, 0.15) is 5.69 Å². The Morgan fingerprint density at radius 3 is 2.70 bits per heavy atom. The Balaban J connectivity index is 2.75. The number of nitrogens with two attached hydrogens (primary N) is 1. The number of nitrogens with one attached hydrogen (secondary N) is 1. The van der Waals surface area contributed by atoms with E-state index in [1.165, 1.54) is 14.2 Å². The van der Waals surface area contributed by atoms with Crippen LogP contribution < -0.4 is 20.5 Å². The van der Waals surface area contributed by atoms with Gasteiger partial charge < -0.3 is 20.5 Å². The topological polar surface area (TPSA) is 86.5 Å². The number of anilines is 1. The Morgan fingerprint density at radius 2 is 2.10 bits per heavy atom. The van der Waals surface area contributed by atoms with Crippen molar-refractivity contribution < 1.29 is 14.3 Å². The first-order valence-electron chi connectivity index (χ1n) is 6.21. The molecule has 0 spiro atoms. The summed E-state index contributed by atoms with van der Waals surface area (Å²) in [7, 11) is 3.04.